The molecule has 4 nitrogen and oxygen atoms in total. The number of rotatable bonds is 3. The van der Waals surface area contributed by atoms with E-state index in [0.29, 0.717) is 5.92 Å². The molecule has 2 rings (SSSR count). The van der Waals surface area contributed by atoms with Gasteiger partial charge in [-0.05, 0) is 65.5 Å². The number of carbonyl (C=O) groups is 1. The van der Waals surface area contributed by atoms with Crippen LogP contribution in [0.25, 0.3) is 0 Å². The van der Waals surface area contributed by atoms with E-state index < -0.39 is 5.60 Å². The Hall–Kier alpha value is -0.770. The van der Waals surface area contributed by atoms with E-state index in [-0.39, 0.29) is 6.09 Å². The first-order valence-corrected chi connectivity index (χ1v) is 7.65. The van der Waals surface area contributed by atoms with Crippen LogP contribution in [0.4, 0.5) is 4.79 Å². The van der Waals surface area contributed by atoms with E-state index in [2.05, 4.69) is 10.2 Å². The number of alkyl carbamates (subject to hydrolysis) is 1. The van der Waals surface area contributed by atoms with Gasteiger partial charge in [0, 0.05) is 12.6 Å². The Morgan fingerprint density at radius 2 is 1.84 bits per heavy atom. The molecule has 1 amide bonds. The summed E-state index contributed by atoms with van der Waals surface area (Å²) < 4.78 is 5.25. The first-order valence-electron chi connectivity index (χ1n) is 7.65. The molecule has 2 aliphatic rings. The second-order valence-electron chi connectivity index (χ2n) is 6.95. The molecule has 0 unspecified atom stereocenters. The van der Waals surface area contributed by atoms with Crippen molar-refractivity contribution in [1.29, 1.82) is 0 Å². The second kappa shape index (κ2) is 6.12. The van der Waals surface area contributed by atoms with Crippen molar-refractivity contribution in [2.45, 2.75) is 64.5 Å². The van der Waals surface area contributed by atoms with Crippen molar-refractivity contribution in [3.63, 3.8) is 0 Å². The summed E-state index contributed by atoms with van der Waals surface area (Å²) in [6.45, 7) is 8.83. The summed E-state index contributed by atoms with van der Waals surface area (Å²) in [7, 11) is 0. The van der Waals surface area contributed by atoms with Gasteiger partial charge in [-0.15, -0.1) is 0 Å². The molecule has 0 atom stereocenters. The van der Waals surface area contributed by atoms with Crippen molar-refractivity contribution in [1.82, 2.24) is 10.2 Å². The number of carbonyl (C=O) groups excluding carboxylic acids is 1. The summed E-state index contributed by atoms with van der Waals surface area (Å²) in [5.74, 6) is 0.615. The monoisotopic (exact) mass is 268 g/mol. The molecule has 110 valence electrons. The predicted octanol–water partition coefficient (Wildman–Crippen LogP) is 2.78. The zero-order chi connectivity index (χ0) is 13.9. The number of nitrogens with one attached hydrogen (secondary N) is 1. The molecule has 2 fully saturated rings. The fraction of sp³-hybridized carbons (Fsp3) is 0.933. The van der Waals surface area contributed by atoms with Gasteiger partial charge in [-0.3, -0.25) is 0 Å². The Balaban J connectivity index is 1.61. The molecule has 0 aromatic rings. The van der Waals surface area contributed by atoms with Crippen molar-refractivity contribution in [2.24, 2.45) is 5.92 Å². The summed E-state index contributed by atoms with van der Waals surface area (Å²) in [5.41, 5.74) is -0.405. The van der Waals surface area contributed by atoms with Crippen LogP contribution in [0.1, 0.15) is 52.9 Å². The van der Waals surface area contributed by atoms with E-state index in [0.717, 1.165) is 12.6 Å². The summed E-state index contributed by atoms with van der Waals surface area (Å²) in [6.07, 6.45) is 6.30. The Labute approximate surface area is 116 Å². The minimum atomic E-state index is -0.405. The van der Waals surface area contributed by atoms with Crippen molar-refractivity contribution < 1.29 is 9.53 Å². The molecule has 0 aromatic heterocycles. The number of piperidine rings is 1. The molecular formula is C15H28N2O2. The number of nitrogens with zero attached hydrogens (tertiary/aromatic N) is 1. The van der Waals surface area contributed by atoms with Gasteiger partial charge in [0.25, 0.3) is 0 Å². The predicted molar refractivity (Wildman–Crippen MR) is 76.2 cm³/mol. The largest absolute Gasteiger partial charge is 0.444 e. The third-order valence-electron chi connectivity index (χ3n) is 4.17. The summed E-state index contributed by atoms with van der Waals surface area (Å²) in [5, 5.41) is 2.90. The van der Waals surface area contributed by atoms with Crippen molar-refractivity contribution in [3.05, 3.63) is 0 Å². The summed E-state index contributed by atoms with van der Waals surface area (Å²) in [4.78, 5) is 14.2. The Bertz CT molecular complexity index is 300. The maximum atomic E-state index is 11.6. The van der Waals surface area contributed by atoms with Gasteiger partial charge in [-0.2, -0.15) is 0 Å². The molecule has 19 heavy (non-hydrogen) atoms. The highest BCUT2D eigenvalue weighted by atomic mass is 16.6. The number of amides is 1. The van der Waals surface area contributed by atoms with E-state index in [1.165, 1.54) is 45.2 Å². The molecule has 1 saturated carbocycles. The average Bonchev–Trinajstić information content (AvgIpc) is 2.23. The topological polar surface area (TPSA) is 41.6 Å². The van der Waals surface area contributed by atoms with Crippen LogP contribution >= 0.6 is 0 Å². The van der Waals surface area contributed by atoms with Gasteiger partial charge in [0.05, 0.1) is 0 Å². The average molecular weight is 268 g/mol. The van der Waals surface area contributed by atoms with Crippen molar-refractivity contribution >= 4 is 6.09 Å². The lowest BCUT2D eigenvalue weighted by Gasteiger charge is -2.41. The lowest BCUT2D eigenvalue weighted by Crippen LogP contribution is -2.46. The third kappa shape index (κ3) is 4.68. The SMILES string of the molecule is CC(C)(C)OC(=O)NCC1CCN(C2CCC2)CC1. The molecule has 1 N–H and O–H groups in total. The highest BCUT2D eigenvalue weighted by molar-refractivity contribution is 5.67. The van der Waals surface area contributed by atoms with Gasteiger partial charge >= 0.3 is 6.09 Å². The van der Waals surface area contributed by atoms with Crippen molar-refractivity contribution in [2.75, 3.05) is 19.6 Å². The van der Waals surface area contributed by atoms with Crippen LogP contribution in [0, 0.1) is 5.92 Å². The Kier molecular flexibility index (Phi) is 4.71. The van der Waals surface area contributed by atoms with E-state index in [1.807, 2.05) is 20.8 Å². The molecular weight excluding hydrogens is 240 g/mol. The molecule has 0 spiro atoms. The van der Waals surface area contributed by atoms with E-state index >= 15 is 0 Å². The molecule has 0 aromatic carbocycles. The molecule has 0 bridgehead atoms. The lowest BCUT2D eigenvalue weighted by atomic mass is 9.88. The van der Waals surface area contributed by atoms with Crippen molar-refractivity contribution in [3.8, 4) is 0 Å². The normalized spacial score (nSPS) is 22.9. The maximum Gasteiger partial charge on any atom is 0.407 e. The molecule has 1 aliphatic carbocycles. The quantitative estimate of drug-likeness (QED) is 0.855. The van der Waals surface area contributed by atoms with Gasteiger partial charge in [0.2, 0.25) is 0 Å². The standard InChI is InChI=1S/C15H28N2O2/c1-15(2,3)19-14(18)16-11-12-7-9-17(10-8-12)13-5-4-6-13/h12-13H,4-11H2,1-3H3,(H,16,18). The molecule has 1 heterocycles. The van der Waals surface area contributed by atoms with Crippen LogP contribution < -0.4 is 5.32 Å². The zero-order valence-corrected chi connectivity index (χ0v) is 12.6. The summed E-state index contributed by atoms with van der Waals surface area (Å²) >= 11 is 0. The van der Waals surface area contributed by atoms with E-state index in [4.69, 9.17) is 4.74 Å². The molecule has 1 aliphatic heterocycles. The smallest absolute Gasteiger partial charge is 0.407 e. The van der Waals surface area contributed by atoms with Crippen LogP contribution in [-0.4, -0.2) is 42.3 Å². The van der Waals surface area contributed by atoms with Gasteiger partial charge in [-0.1, -0.05) is 6.42 Å². The number of hydrogen-bond acceptors (Lipinski definition) is 3. The van der Waals surface area contributed by atoms with Gasteiger partial charge in [0.15, 0.2) is 0 Å². The number of ether oxygens (including phenoxy) is 1. The highest BCUT2D eigenvalue weighted by Crippen LogP contribution is 2.28. The van der Waals surface area contributed by atoms with Crippen LogP contribution in [0.15, 0.2) is 0 Å². The molecule has 0 radical (unpaired) electrons. The highest BCUT2D eigenvalue weighted by Gasteiger charge is 2.28. The van der Waals surface area contributed by atoms with Gasteiger partial charge < -0.3 is 15.0 Å². The first kappa shape index (κ1) is 14.6. The van der Waals surface area contributed by atoms with Crippen LogP contribution in [0.3, 0.4) is 0 Å². The first-order chi connectivity index (χ1) is 8.94. The second-order valence-corrected chi connectivity index (χ2v) is 6.95. The van der Waals surface area contributed by atoms with E-state index in [9.17, 15) is 4.79 Å². The Morgan fingerprint density at radius 3 is 2.32 bits per heavy atom. The number of likely N-dealkylation sites (tertiary alicyclic amines) is 1. The fourth-order valence-electron chi connectivity index (χ4n) is 2.82. The van der Waals surface area contributed by atoms with Crippen LogP contribution in [-0.2, 0) is 4.74 Å². The van der Waals surface area contributed by atoms with Gasteiger partial charge in [-0.25, -0.2) is 4.79 Å². The summed E-state index contributed by atoms with van der Waals surface area (Å²) in [6, 6.07) is 0.861. The lowest BCUT2D eigenvalue weighted by molar-refractivity contribution is 0.0491. The molecule has 1 saturated heterocycles. The van der Waals surface area contributed by atoms with E-state index in [1.54, 1.807) is 0 Å². The minimum Gasteiger partial charge on any atom is -0.444 e. The fourth-order valence-corrected chi connectivity index (χ4v) is 2.82. The number of hydrogen-bond donors (Lipinski definition) is 1. The van der Waals surface area contributed by atoms with Crippen LogP contribution in [0.2, 0.25) is 0 Å². The third-order valence-corrected chi connectivity index (χ3v) is 4.17. The maximum absolute atomic E-state index is 11.6. The zero-order valence-electron chi connectivity index (χ0n) is 12.6. The Morgan fingerprint density at radius 1 is 1.21 bits per heavy atom. The van der Waals surface area contributed by atoms with Crippen LogP contribution in [0.5, 0.6) is 0 Å². The minimum absolute atomic E-state index is 0.283. The van der Waals surface area contributed by atoms with Gasteiger partial charge in [0.1, 0.15) is 5.60 Å². The molecule has 4 heteroatoms.